The van der Waals surface area contributed by atoms with Gasteiger partial charge in [0.25, 0.3) is 0 Å². The fourth-order valence-electron chi connectivity index (χ4n) is 2.54. The smallest absolute Gasteiger partial charge is 0.439 e. The van der Waals surface area contributed by atoms with E-state index in [9.17, 15) is 21.6 Å². The molecule has 126 valence electrons. The zero-order valence-electron chi connectivity index (χ0n) is 12.0. The molecular formula is C12H13F3N4O3S. The number of hydrogen-bond acceptors (Lipinski definition) is 6. The quantitative estimate of drug-likeness (QED) is 0.830. The first-order valence-corrected chi connectivity index (χ1v) is 8.52. The molecule has 2 aromatic heterocycles. The van der Waals surface area contributed by atoms with Gasteiger partial charge in [-0.25, -0.2) is 13.4 Å². The van der Waals surface area contributed by atoms with E-state index >= 15 is 0 Å². The lowest BCUT2D eigenvalue weighted by atomic mass is 10.2. The topological polar surface area (TPSA) is 81.2 Å². The largest absolute Gasteiger partial charge is 0.451 e. The van der Waals surface area contributed by atoms with Crippen LogP contribution in [0.3, 0.4) is 0 Å². The summed E-state index contributed by atoms with van der Waals surface area (Å²) in [6.45, 7) is 0.915. The first kappa shape index (κ1) is 16.0. The monoisotopic (exact) mass is 350 g/mol. The van der Waals surface area contributed by atoms with Gasteiger partial charge in [0.2, 0.25) is 5.76 Å². The summed E-state index contributed by atoms with van der Waals surface area (Å²) in [4.78, 5) is 5.40. The third-order valence-electron chi connectivity index (χ3n) is 3.58. The van der Waals surface area contributed by atoms with Gasteiger partial charge >= 0.3 is 6.18 Å². The summed E-state index contributed by atoms with van der Waals surface area (Å²) < 4.78 is 67.8. The van der Waals surface area contributed by atoms with E-state index in [1.165, 1.54) is 6.20 Å². The Morgan fingerprint density at radius 1 is 1.35 bits per heavy atom. The molecule has 0 saturated heterocycles. The van der Waals surface area contributed by atoms with Crippen molar-refractivity contribution in [2.45, 2.75) is 30.7 Å². The van der Waals surface area contributed by atoms with Crippen molar-refractivity contribution in [2.24, 2.45) is 0 Å². The molecule has 0 amide bonds. The maximum Gasteiger partial charge on any atom is 0.451 e. The van der Waals surface area contributed by atoms with Crippen LogP contribution in [0.2, 0.25) is 0 Å². The second-order valence-electron chi connectivity index (χ2n) is 5.29. The van der Waals surface area contributed by atoms with Gasteiger partial charge in [0.05, 0.1) is 18.4 Å². The summed E-state index contributed by atoms with van der Waals surface area (Å²) >= 11 is 0. The molecule has 1 aliphatic rings. The highest BCUT2D eigenvalue weighted by atomic mass is 32.2. The number of rotatable bonds is 3. The third kappa shape index (κ3) is 3.11. The first-order valence-electron chi connectivity index (χ1n) is 6.63. The Labute approximate surface area is 129 Å². The molecule has 0 fully saturated rings. The van der Waals surface area contributed by atoms with Crippen molar-refractivity contribution in [3.05, 3.63) is 29.7 Å². The maximum atomic E-state index is 12.8. The minimum atomic E-state index is -4.61. The van der Waals surface area contributed by atoms with Gasteiger partial charge in [-0.3, -0.25) is 9.58 Å². The molecule has 11 heteroatoms. The molecular weight excluding hydrogens is 337 g/mol. The van der Waals surface area contributed by atoms with Crippen molar-refractivity contribution in [2.75, 3.05) is 12.8 Å². The number of hydrogen-bond donors (Lipinski definition) is 0. The van der Waals surface area contributed by atoms with Crippen LogP contribution in [0.15, 0.2) is 21.9 Å². The Bertz CT molecular complexity index is 825. The van der Waals surface area contributed by atoms with Crippen LogP contribution >= 0.6 is 0 Å². The van der Waals surface area contributed by atoms with Gasteiger partial charge in [0.15, 0.2) is 16.2 Å². The number of alkyl halides is 3. The molecule has 0 aromatic carbocycles. The molecule has 0 unspecified atom stereocenters. The van der Waals surface area contributed by atoms with E-state index in [1.807, 2.05) is 0 Å². The number of sulfone groups is 1. The first-order chi connectivity index (χ1) is 10.7. The van der Waals surface area contributed by atoms with Gasteiger partial charge < -0.3 is 4.42 Å². The van der Waals surface area contributed by atoms with E-state index in [2.05, 4.69) is 14.5 Å². The van der Waals surface area contributed by atoms with E-state index in [0.29, 0.717) is 18.8 Å². The summed E-state index contributed by atoms with van der Waals surface area (Å²) in [5, 5.41) is 4.01. The van der Waals surface area contributed by atoms with Gasteiger partial charge in [-0.2, -0.15) is 18.3 Å². The Balaban J connectivity index is 1.84. The SMILES string of the molecule is CS(=O)(=O)c1cnn2c1CN(Cc1ncoc1C(F)(F)F)CC2. The fourth-order valence-corrected chi connectivity index (χ4v) is 3.38. The molecule has 3 rings (SSSR count). The molecule has 2 aromatic rings. The lowest BCUT2D eigenvalue weighted by molar-refractivity contribution is -0.154. The Hall–Kier alpha value is -1.88. The summed E-state index contributed by atoms with van der Waals surface area (Å²) in [5.74, 6) is -1.13. The fraction of sp³-hybridized carbons (Fsp3) is 0.500. The van der Waals surface area contributed by atoms with Crippen molar-refractivity contribution in [1.29, 1.82) is 0 Å². The van der Waals surface area contributed by atoms with Crippen LogP contribution in [-0.2, 0) is 35.6 Å². The molecule has 0 N–H and O–H groups in total. The highest BCUT2D eigenvalue weighted by Gasteiger charge is 2.39. The van der Waals surface area contributed by atoms with Crippen LogP contribution in [0.5, 0.6) is 0 Å². The predicted molar refractivity (Wildman–Crippen MR) is 71.0 cm³/mol. The zero-order valence-corrected chi connectivity index (χ0v) is 12.9. The molecule has 0 aliphatic carbocycles. The molecule has 0 bridgehead atoms. The van der Waals surface area contributed by atoms with Crippen LogP contribution in [0.25, 0.3) is 0 Å². The molecule has 1 aliphatic heterocycles. The molecule has 3 heterocycles. The van der Waals surface area contributed by atoms with Crippen LogP contribution in [0.1, 0.15) is 17.1 Å². The van der Waals surface area contributed by atoms with E-state index in [4.69, 9.17) is 0 Å². The standard InChI is InChI=1S/C12H13F3N4O3S/c1-23(20,21)10-4-17-19-3-2-18(6-9(10)19)5-8-11(12(13,14)15)22-7-16-8/h4,7H,2-3,5-6H2,1H3. The number of oxazole rings is 1. The minimum absolute atomic E-state index is 0.0836. The van der Waals surface area contributed by atoms with Gasteiger partial charge in [0.1, 0.15) is 10.6 Å². The highest BCUT2D eigenvalue weighted by Crippen LogP contribution is 2.32. The average molecular weight is 350 g/mol. The molecule has 0 spiro atoms. The van der Waals surface area contributed by atoms with E-state index in [-0.39, 0.29) is 23.7 Å². The van der Waals surface area contributed by atoms with Gasteiger partial charge in [-0.15, -0.1) is 0 Å². The van der Waals surface area contributed by atoms with Crippen molar-refractivity contribution in [1.82, 2.24) is 19.7 Å². The van der Waals surface area contributed by atoms with E-state index in [0.717, 1.165) is 12.6 Å². The number of halogens is 3. The van der Waals surface area contributed by atoms with E-state index in [1.54, 1.807) is 9.58 Å². The summed E-state index contributed by atoms with van der Waals surface area (Å²) in [6.07, 6.45) is -1.51. The summed E-state index contributed by atoms with van der Waals surface area (Å²) in [7, 11) is -3.44. The number of fused-ring (bicyclic) bond motifs is 1. The second-order valence-corrected chi connectivity index (χ2v) is 7.27. The molecule has 0 atom stereocenters. The highest BCUT2D eigenvalue weighted by molar-refractivity contribution is 7.90. The van der Waals surface area contributed by atoms with Crippen molar-refractivity contribution in [3.63, 3.8) is 0 Å². The van der Waals surface area contributed by atoms with Gasteiger partial charge in [-0.1, -0.05) is 0 Å². The van der Waals surface area contributed by atoms with Crippen molar-refractivity contribution in [3.8, 4) is 0 Å². The predicted octanol–water partition coefficient (Wildman–Crippen LogP) is 1.31. The molecule has 0 saturated carbocycles. The summed E-state index contributed by atoms with van der Waals surface area (Å²) in [5.41, 5.74) is 0.252. The number of aromatic nitrogens is 3. The third-order valence-corrected chi connectivity index (χ3v) is 4.72. The lowest BCUT2D eigenvalue weighted by Gasteiger charge is -2.27. The average Bonchev–Trinajstić information content (AvgIpc) is 3.02. The van der Waals surface area contributed by atoms with Gasteiger partial charge in [0, 0.05) is 25.9 Å². The van der Waals surface area contributed by atoms with Crippen LogP contribution < -0.4 is 0 Å². The van der Waals surface area contributed by atoms with E-state index < -0.39 is 21.8 Å². The molecule has 7 nitrogen and oxygen atoms in total. The Morgan fingerprint density at radius 2 is 2.09 bits per heavy atom. The normalized spacial score (nSPS) is 16.5. The Kier molecular flexibility index (Phi) is 3.71. The molecule has 0 radical (unpaired) electrons. The number of nitrogens with zero attached hydrogens (tertiary/aromatic N) is 4. The minimum Gasteiger partial charge on any atom is -0.439 e. The van der Waals surface area contributed by atoms with Gasteiger partial charge in [-0.05, 0) is 0 Å². The van der Waals surface area contributed by atoms with Crippen molar-refractivity contribution >= 4 is 9.84 Å². The Morgan fingerprint density at radius 3 is 2.74 bits per heavy atom. The van der Waals surface area contributed by atoms with Crippen LogP contribution in [0.4, 0.5) is 13.2 Å². The van der Waals surface area contributed by atoms with Crippen molar-refractivity contribution < 1.29 is 26.0 Å². The lowest BCUT2D eigenvalue weighted by Crippen LogP contribution is -2.34. The maximum absolute atomic E-state index is 12.8. The zero-order chi connectivity index (χ0) is 16.8. The molecule has 23 heavy (non-hydrogen) atoms. The second kappa shape index (κ2) is 5.34. The van der Waals surface area contributed by atoms with Crippen LogP contribution in [0, 0.1) is 0 Å². The summed E-state index contributed by atoms with van der Waals surface area (Å²) in [6, 6.07) is 0. The van der Waals surface area contributed by atoms with Crippen LogP contribution in [-0.4, -0.2) is 40.9 Å².